The van der Waals surface area contributed by atoms with Crippen molar-refractivity contribution in [3.63, 3.8) is 0 Å². The lowest BCUT2D eigenvalue weighted by Crippen LogP contribution is -2.62. The van der Waals surface area contributed by atoms with E-state index in [0.717, 1.165) is 41.4 Å². The molecule has 1 aliphatic heterocycles. The molecule has 1 aromatic heterocycles. The van der Waals surface area contributed by atoms with Crippen molar-refractivity contribution in [3.8, 4) is 0 Å². The van der Waals surface area contributed by atoms with Crippen molar-refractivity contribution in [2.24, 2.45) is 0 Å². The van der Waals surface area contributed by atoms with E-state index < -0.39 is 64.5 Å². The topological polar surface area (TPSA) is 108 Å². The number of nitrogens with one attached hydrogen (secondary N) is 2. The number of amides is 4. The van der Waals surface area contributed by atoms with Crippen LogP contribution in [0.3, 0.4) is 0 Å². The Kier molecular flexibility index (Phi) is 8.36. The van der Waals surface area contributed by atoms with Crippen molar-refractivity contribution < 1.29 is 36.7 Å². The molecule has 4 rings (SSSR count). The molecular formula is C27H20Cl2F4N4O4. The Morgan fingerprint density at radius 2 is 1.61 bits per heavy atom. The number of rotatable bonds is 8. The van der Waals surface area contributed by atoms with E-state index in [1.807, 2.05) is 0 Å². The number of nitrogens with zero attached hydrogens (tertiary/aromatic N) is 2. The number of alkyl halides is 4. The minimum absolute atomic E-state index is 0.0455. The fraction of sp³-hybridized carbons (Fsp3) is 0.222. The normalized spacial score (nSPS) is 15.2. The summed E-state index contributed by atoms with van der Waals surface area (Å²) in [5.74, 6) is -4.95. The molecule has 1 aliphatic rings. The summed E-state index contributed by atoms with van der Waals surface area (Å²) in [4.78, 5) is 57.0. The van der Waals surface area contributed by atoms with Gasteiger partial charge in [-0.05, 0) is 49.2 Å². The first-order chi connectivity index (χ1) is 19.2. The van der Waals surface area contributed by atoms with Crippen molar-refractivity contribution >= 4 is 52.6 Å². The molecular weight excluding hydrogens is 591 g/mol. The molecule has 0 bridgehead atoms. The quantitative estimate of drug-likeness (QED) is 0.215. The molecule has 2 N–H and O–H groups in total. The van der Waals surface area contributed by atoms with Gasteiger partial charge in [-0.25, -0.2) is 9.37 Å². The molecule has 0 fully saturated rings. The van der Waals surface area contributed by atoms with Crippen LogP contribution in [-0.2, 0) is 22.2 Å². The van der Waals surface area contributed by atoms with Gasteiger partial charge in [-0.2, -0.15) is 13.2 Å². The highest BCUT2D eigenvalue weighted by molar-refractivity contribution is 6.31. The van der Waals surface area contributed by atoms with Crippen LogP contribution < -0.4 is 10.6 Å². The monoisotopic (exact) mass is 610 g/mol. The summed E-state index contributed by atoms with van der Waals surface area (Å²) in [5, 5.41) is 3.20. The van der Waals surface area contributed by atoms with E-state index in [-0.39, 0.29) is 22.6 Å². The van der Waals surface area contributed by atoms with Crippen LogP contribution in [0.1, 0.15) is 38.8 Å². The Hall–Kier alpha value is -4.03. The smallest absolute Gasteiger partial charge is 0.339 e. The zero-order chi connectivity index (χ0) is 30.1. The number of hydrogen-bond acceptors (Lipinski definition) is 5. The second kappa shape index (κ2) is 11.5. The van der Waals surface area contributed by atoms with Crippen molar-refractivity contribution in [3.05, 3.63) is 93.9 Å². The molecule has 2 unspecified atom stereocenters. The number of carbonyl (C=O) groups is 4. The molecule has 3 aromatic rings. The van der Waals surface area contributed by atoms with Gasteiger partial charge in [-0.3, -0.25) is 24.1 Å². The first kappa shape index (κ1) is 29.9. The Balaban J connectivity index is 1.58. The Morgan fingerprint density at radius 1 is 1.02 bits per heavy atom. The molecule has 2 atom stereocenters. The van der Waals surface area contributed by atoms with E-state index in [9.17, 15) is 36.7 Å². The minimum Gasteiger partial charge on any atom is -0.339 e. The highest BCUT2D eigenvalue weighted by Crippen LogP contribution is 2.30. The molecule has 2 aromatic carbocycles. The molecule has 4 amide bonds. The number of fused-ring (bicyclic) bond motifs is 1. The average molecular weight is 611 g/mol. The number of imide groups is 1. The predicted molar refractivity (Wildman–Crippen MR) is 141 cm³/mol. The molecule has 0 spiro atoms. The Morgan fingerprint density at radius 3 is 2.15 bits per heavy atom. The van der Waals surface area contributed by atoms with Crippen LogP contribution in [0.25, 0.3) is 0 Å². The molecule has 14 heteroatoms. The molecule has 0 aliphatic carbocycles. The second-order valence-electron chi connectivity index (χ2n) is 9.37. The maximum atomic E-state index is 14.4. The third kappa shape index (κ3) is 6.49. The maximum Gasteiger partial charge on any atom is 0.416 e. The van der Waals surface area contributed by atoms with Crippen LogP contribution in [0.5, 0.6) is 0 Å². The van der Waals surface area contributed by atoms with Crippen LogP contribution in [-0.4, -0.2) is 51.0 Å². The zero-order valence-electron chi connectivity index (χ0n) is 21.1. The largest absolute Gasteiger partial charge is 0.416 e. The van der Waals surface area contributed by atoms with Crippen molar-refractivity contribution in [1.29, 1.82) is 0 Å². The summed E-state index contributed by atoms with van der Waals surface area (Å²) in [6.45, 7) is 0.523. The lowest BCUT2D eigenvalue weighted by molar-refractivity contribution is -0.137. The summed E-state index contributed by atoms with van der Waals surface area (Å²) >= 11 is 12.0. The number of anilines is 1. The average Bonchev–Trinajstić information content (AvgIpc) is 3.14. The van der Waals surface area contributed by atoms with Crippen LogP contribution in [0.2, 0.25) is 5.02 Å². The number of pyridine rings is 1. The van der Waals surface area contributed by atoms with Crippen LogP contribution in [0, 0.1) is 5.82 Å². The van der Waals surface area contributed by atoms with Gasteiger partial charge < -0.3 is 10.6 Å². The number of halogens is 6. The van der Waals surface area contributed by atoms with Crippen LogP contribution in [0.15, 0.2) is 60.8 Å². The van der Waals surface area contributed by atoms with E-state index in [0.29, 0.717) is 5.56 Å². The second-order valence-corrected chi connectivity index (χ2v) is 10.3. The third-order valence-corrected chi connectivity index (χ3v) is 6.83. The minimum atomic E-state index is -4.55. The van der Waals surface area contributed by atoms with Crippen molar-refractivity contribution in [2.45, 2.75) is 30.4 Å². The van der Waals surface area contributed by atoms with Crippen molar-refractivity contribution in [1.82, 2.24) is 15.2 Å². The number of benzene rings is 2. The zero-order valence-corrected chi connectivity index (χ0v) is 22.6. The van der Waals surface area contributed by atoms with E-state index >= 15 is 0 Å². The first-order valence-electron chi connectivity index (χ1n) is 11.9. The third-order valence-electron chi connectivity index (χ3n) is 6.27. The molecule has 0 saturated carbocycles. The lowest BCUT2D eigenvalue weighted by Gasteiger charge is -2.33. The fourth-order valence-electron chi connectivity index (χ4n) is 4.10. The van der Waals surface area contributed by atoms with E-state index in [4.69, 9.17) is 23.2 Å². The standard InChI is InChI=1S/C27H20Cl2F4N4O4/c1-26(25(41)35-21-20(30)11-16(28)12-34-21,13-37-23(39)17-4-2-3-5-18(17)24(37)40)36-22(38)19(29)10-14-6-8-15(9-7-14)27(31,32)33/h2-9,11-12,19H,10,13H2,1H3,(H,36,38)(H,34,35,41). The summed E-state index contributed by atoms with van der Waals surface area (Å²) in [5.41, 5.74) is -2.47. The highest BCUT2D eigenvalue weighted by Gasteiger charge is 2.45. The van der Waals surface area contributed by atoms with Gasteiger partial charge in [-0.15, -0.1) is 11.6 Å². The predicted octanol–water partition coefficient (Wildman–Crippen LogP) is 4.85. The highest BCUT2D eigenvalue weighted by atomic mass is 35.5. The van der Waals surface area contributed by atoms with E-state index in [2.05, 4.69) is 15.6 Å². The first-order valence-corrected chi connectivity index (χ1v) is 12.7. The summed E-state index contributed by atoms with van der Waals surface area (Å²) < 4.78 is 53.0. The van der Waals surface area contributed by atoms with Gasteiger partial charge >= 0.3 is 6.18 Å². The Labute approximate surface area is 240 Å². The fourth-order valence-corrected chi connectivity index (χ4v) is 4.48. The molecule has 0 saturated heterocycles. The van der Waals surface area contributed by atoms with Crippen LogP contribution in [0.4, 0.5) is 23.4 Å². The molecule has 0 radical (unpaired) electrons. The van der Waals surface area contributed by atoms with Gasteiger partial charge in [-0.1, -0.05) is 35.9 Å². The number of carbonyl (C=O) groups excluding carboxylic acids is 4. The number of hydrogen-bond donors (Lipinski definition) is 2. The van der Waals surface area contributed by atoms with E-state index in [1.54, 1.807) is 12.1 Å². The molecule has 41 heavy (non-hydrogen) atoms. The van der Waals surface area contributed by atoms with Gasteiger partial charge in [0.2, 0.25) is 5.91 Å². The lowest BCUT2D eigenvalue weighted by atomic mass is 9.98. The van der Waals surface area contributed by atoms with Gasteiger partial charge in [0.05, 0.1) is 28.3 Å². The summed E-state index contributed by atoms with van der Waals surface area (Å²) in [6.07, 6.45) is -3.70. The number of aromatic nitrogens is 1. The van der Waals surface area contributed by atoms with Gasteiger partial charge in [0.15, 0.2) is 11.6 Å². The van der Waals surface area contributed by atoms with E-state index in [1.165, 1.54) is 19.1 Å². The SMILES string of the molecule is CC(CN1C(=O)c2ccccc2C1=O)(NC(=O)C(Cl)Cc1ccc(C(F)(F)F)cc1)C(=O)Nc1ncc(Cl)cc1F. The summed E-state index contributed by atoms with van der Waals surface area (Å²) in [6, 6.07) is 10.8. The molecule has 214 valence electrons. The molecule has 2 heterocycles. The maximum absolute atomic E-state index is 14.4. The van der Waals surface area contributed by atoms with Crippen LogP contribution >= 0.6 is 23.2 Å². The Bertz CT molecular complexity index is 1500. The van der Waals surface area contributed by atoms with Gasteiger partial charge in [0, 0.05) is 6.20 Å². The van der Waals surface area contributed by atoms with Gasteiger partial charge in [0.25, 0.3) is 17.7 Å². The summed E-state index contributed by atoms with van der Waals surface area (Å²) in [7, 11) is 0. The van der Waals surface area contributed by atoms with Crippen molar-refractivity contribution in [2.75, 3.05) is 11.9 Å². The molecule has 8 nitrogen and oxygen atoms in total. The van der Waals surface area contributed by atoms with Gasteiger partial charge in [0.1, 0.15) is 10.9 Å².